The standard InChI is InChI=1S/C30H51N3O5/c1-11-13-14-15-19-33(27(36)23(20(3)12-2)31-28(37)38-30(8,9)10)24(26(35)32-29(5,6)7)22-18-16-17-21(4)25(22)34/h16-18,20,23-24,34H,11-15,19H2,1-10H3,(H,31,37)(H,32,35). The van der Waals surface area contributed by atoms with E-state index >= 15 is 0 Å². The Kier molecular flexibility index (Phi) is 12.6. The fraction of sp³-hybridized carbons (Fsp3) is 0.700. The largest absolute Gasteiger partial charge is 0.507 e. The molecular formula is C30H51N3O5. The van der Waals surface area contributed by atoms with Crippen molar-refractivity contribution in [2.75, 3.05) is 6.54 Å². The van der Waals surface area contributed by atoms with Crippen LogP contribution in [0.3, 0.4) is 0 Å². The van der Waals surface area contributed by atoms with Crippen molar-refractivity contribution < 1.29 is 24.2 Å². The molecule has 3 unspecified atom stereocenters. The normalized spacial score (nSPS) is 14.3. The molecule has 0 aliphatic rings. The molecule has 0 saturated heterocycles. The first-order valence-corrected chi connectivity index (χ1v) is 13.9. The predicted octanol–water partition coefficient (Wildman–Crippen LogP) is 6.00. The summed E-state index contributed by atoms with van der Waals surface area (Å²) in [5.41, 5.74) is -0.318. The Morgan fingerprint density at radius 3 is 2.18 bits per heavy atom. The zero-order chi connectivity index (χ0) is 29.3. The van der Waals surface area contributed by atoms with Crippen molar-refractivity contribution in [3.63, 3.8) is 0 Å². The summed E-state index contributed by atoms with van der Waals surface area (Å²) < 4.78 is 5.46. The van der Waals surface area contributed by atoms with E-state index in [1.807, 2.05) is 34.6 Å². The number of carbonyl (C=O) groups excluding carboxylic acids is 3. The number of hydrogen-bond donors (Lipinski definition) is 3. The smallest absolute Gasteiger partial charge is 0.408 e. The first-order valence-electron chi connectivity index (χ1n) is 13.9. The van der Waals surface area contributed by atoms with Crippen LogP contribution in [0.25, 0.3) is 0 Å². The van der Waals surface area contributed by atoms with E-state index in [0.717, 1.165) is 19.3 Å². The topological polar surface area (TPSA) is 108 Å². The summed E-state index contributed by atoms with van der Waals surface area (Å²) in [6.45, 7) is 18.9. The molecule has 0 heterocycles. The SMILES string of the molecule is CCCCCCN(C(=O)C(NC(=O)OC(C)(C)C)C(C)CC)C(C(=O)NC(C)(C)C)c1cccc(C)c1O. The van der Waals surface area contributed by atoms with E-state index in [9.17, 15) is 19.5 Å². The molecule has 1 aromatic carbocycles. The lowest BCUT2D eigenvalue weighted by Gasteiger charge is -2.37. The lowest BCUT2D eigenvalue weighted by molar-refractivity contribution is -0.144. The second-order valence-corrected chi connectivity index (χ2v) is 12.3. The molecule has 8 heteroatoms. The zero-order valence-corrected chi connectivity index (χ0v) is 25.2. The molecule has 0 aliphatic carbocycles. The van der Waals surface area contributed by atoms with Gasteiger partial charge in [0.05, 0.1) is 0 Å². The van der Waals surface area contributed by atoms with Crippen molar-refractivity contribution >= 4 is 17.9 Å². The Morgan fingerprint density at radius 1 is 1.03 bits per heavy atom. The number of aryl methyl sites for hydroxylation is 1. The Bertz CT molecular complexity index is 933. The number of benzene rings is 1. The molecule has 216 valence electrons. The molecule has 38 heavy (non-hydrogen) atoms. The molecule has 3 N–H and O–H groups in total. The zero-order valence-electron chi connectivity index (χ0n) is 25.2. The van der Waals surface area contributed by atoms with E-state index in [1.165, 1.54) is 4.90 Å². The van der Waals surface area contributed by atoms with Gasteiger partial charge in [0.1, 0.15) is 23.4 Å². The molecule has 8 nitrogen and oxygen atoms in total. The highest BCUT2D eigenvalue weighted by molar-refractivity contribution is 5.93. The van der Waals surface area contributed by atoms with Gasteiger partial charge in [0.15, 0.2) is 0 Å². The lowest BCUT2D eigenvalue weighted by Crippen LogP contribution is -2.56. The molecule has 0 aromatic heterocycles. The molecule has 0 bridgehead atoms. The van der Waals surface area contributed by atoms with Gasteiger partial charge in [-0.15, -0.1) is 0 Å². The quantitative estimate of drug-likeness (QED) is 0.285. The van der Waals surface area contributed by atoms with Crippen LogP contribution in [-0.4, -0.2) is 51.6 Å². The predicted molar refractivity (Wildman–Crippen MR) is 152 cm³/mol. The number of phenolic OH excluding ortho intramolecular Hbond substituents is 1. The van der Waals surface area contributed by atoms with E-state index in [-0.39, 0.29) is 23.5 Å². The molecule has 0 saturated carbocycles. The van der Waals surface area contributed by atoms with Crippen molar-refractivity contribution in [1.29, 1.82) is 0 Å². The highest BCUT2D eigenvalue weighted by atomic mass is 16.6. The van der Waals surface area contributed by atoms with Crippen molar-refractivity contribution in [3.8, 4) is 5.75 Å². The van der Waals surface area contributed by atoms with Gasteiger partial charge in [-0.25, -0.2) is 4.79 Å². The summed E-state index contributed by atoms with van der Waals surface area (Å²) in [6.07, 6.45) is 3.55. The van der Waals surface area contributed by atoms with Crippen LogP contribution >= 0.6 is 0 Å². The number of ether oxygens (including phenoxy) is 1. The van der Waals surface area contributed by atoms with Crippen LogP contribution in [0.4, 0.5) is 4.79 Å². The molecule has 1 rings (SSSR count). The number of nitrogens with one attached hydrogen (secondary N) is 2. The molecule has 0 aliphatic heterocycles. The maximum atomic E-state index is 14.3. The third kappa shape index (κ3) is 10.5. The molecule has 3 atom stereocenters. The summed E-state index contributed by atoms with van der Waals surface area (Å²) in [6, 6.07) is 3.23. The fourth-order valence-electron chi connectivity index (χ4n) is 4.16. The Balaban J connectivity index is 3.64. The average molecular weight is 534 g/mol. The second-order valence-electron chi connectivity index (χ2n) is 12.3. The fourth-order valence-corrected chi connectivity index (χ4v) is 4.16. The van der Waals surface area contributed by atoms with Gasteiger partial charge in [-0.05, 0) is 66.4 Å². The highest BCUT2D eigenvalue weighted by Crippen LogP contribution is 2.33. The van der Waals surface area contributed by atoms with Crippen LogP contribution in [0.5, 0.6) is 5.75 Å². The number of aromatic hydroxyl groups is 1. The second kappa shape index (κ2) is 14.4. The van der Waals surface area contributed by atoms with E-state index in [1.54, 1.807) is 45.9 Å². The monoisotopic (exact) mass is 533 g/mol. The summed E-state index contributed by atoms with van der Waals surface area (Å²) in [4.78, 5) is 42.4. The van der Waals surface area contributed by atoms with E-state index < -0.39 is 29.3 Å². The number of phenols is 1. The van der Waals surface area contributed by atoms with Gasteiger partial charge in [-0.3, -0.25) is 9.59 Å². The first-order chi connectivity index (χ1) is 17.5. The number of unbranched alkanes of at least 4 members (excludes halogenated alkanes) is 3. The molecular weight excluding hydrogens is 482 g/mol. The van der Waals surface area contributed by atoms with Crippen LogP contribution in [0.1, 0.15) is 112 Å². The van der Waals surface area contributed by atoms with Gasteiger partial charge >= 0.3 is 6.09 Å². The third-order valence-corrected chi connectivity index (χ3v) is 6.31. The average Bonchev–Trinajstić information content (AvgIpc) is 2.78. The maximum Gasteiger partial charge on any atom is 0.408 e. The number of para-hydroxylation sites is 1. The number of nitrogens with zero attached hydrogens (tertiary/aromatic N) is 1. The highest BCUT2D eigenvalue weighted by Gasteiger charge is 2.39. The van der Waals surface area contributed by atoms with Crippen LogP contribution in [0.15, 0.2) is 18.2 Å². The van der Waals surface area contributed by atoms with Crippen LogP contribution in [-0.2, 0) is 14.3 Å². The third-order valence-electron chi connectivity index (χ3n) is 6.31. The lowest BCUT2D eigenvalue weighted by atomic mass is 9.94. The van der Waals surface area contributed by atoms with E-state index in [4.69, 9.17) is 4.74 Å². The number of alkyl carbamates (subject to hydrolysis) is 1. The summed E-state index contributed by atoms with van der Waals surface area (Å²) in [5.74, 6) is -1.00. The minimum atomic E-state index is -1.07. The van der Waals surface area contributed by atoms with Crippen LogP contribution in [0.2, 0.25) is 0 Å². The maximum absolute atomic E-state index is 14.3. The number of hydrogen-bond acceptors (Lipinski definition) is 5. The number of carbonyl (C=O) groups is 3. The minimum Gasteiger partial charge on any atom is -0.507 e. The Morgan fingerprint density at radius 2 is 1.66 bits per heavy atom. The molecule has 3 amide bonds. The van der Waals surface area contributed by atoms with Gasteiger partial charge < -0.3 is 25.4 Å². The van der Waals surface area contributed by atoms with Gasteiger partial charge in [0, 0.05) is 17.6 Å². The molecule has 0 fully saturated rings. The van der Waals surface area contributed by atoms with Crippen molar-refractivity contribution in [2.45, 2.75) is 125 Å². The number of rotatable bonds is 12. The van der Waals surface area contributed by atoms with E-state index in [2.05, 4.69) is 17.6 Å². The van der Waals surface area contributed by atoms with Gasteiger partial charge in [-0.1, -0.05) is 64.7 Å². The molecule has 1 aromatic rings. The van der Waals surface area contributed by atoms with Gasteiger partial charge in [-0.2, -0.15) is 0 Å². The summed E-state index contributed by atoms with van der Waals surface area (Å²) in [7, 11) is 0. The molecule has 0 spiro atoms. The van der Waals surface area contributed by atoms with Crippen molar-refractivity contribution in [2.24, 2.45) is 5.92 Å². The van der Waals surface area contributed by atoms with Crippen molar-refractivity contribution in [1.82, 2.24) is 15.5 Å². The van der Waals surface area contributed by atoms with E-state index in [0.29, 0.717) is 30.5 Å². The summed E-state index contributed by atoms with van der Waals surface area (Å²) in [5, 5.41) is 16.8. The first kappa shape index (κ1) is 33.3. The van der Waals surface area contributed by atoms with Gasteiger partial charge in [0.25, 0.3) is 0 Å². The minimum absolute atomic E-state index is 0.0203. The number of amides is 3. The summed E-state index contributed by atoms with van der Waals surface area (Å²) >= 11 is 0. The Labute approximate surface area is 229 Å². The van der Waals surface area contributed by atoms with Gasteiger partial charge in [0.2, 0.25) is 11.8 Å². The Hall–Kier alpha value is -2.77. The van der Waals surface area contributed by atoms with Crippen LogP contribution < -0.4 is 10.6 Å². The molecule has 0 radical (unpaired) electrons. The van der Waals surface area contributed by atoms with Crippen LogP contribution in [0, 0.1) is 12.8 Å². The van der Waals surface area contributed by atoms with Crippen molar-refractivity contribution in [3.05, 3.63) is 29.3 Å².